The van der Waals surface area contributed by atoms with Crippen LogP contribution in [0.5, 0.6) is 11.5 Å². The molecule has 0 bridgehead atoms. The Morgan fingerprint density at radius 2 is 1.71 bits per heavy atom. The molecule has 0 fully saturated rings. The third-order valence-corrected chi connectivity index (χ3v) is 4.45. The van der Waals surface area contributed by atoms with Gasteiger partial charge >= 0.3 is 11.9 Å². The van der Waals surface area contributed by atoms with Crippen molar-refractivity contribution in [3.05, 3.63) is 72.4 Å². The Balaban J connectivity index is 2.38. The number of rotatable bonds is 8. The van der Waals surface area contributed by atoms with Crippen LogP contribution in [0.1, 0.15) is 20.8 Å². The summed E-state index contributed by atoms with van der Waals surface area (Å²) in [6.45, 7) is 3.86. The van der Waals surface area contributed by atoms with Gasteiger partial charge in [-0.15, -0.1) is 0 Å². The second-order valence-electron chi connectivity index (χ2n) is 6.24. The molecule has 8 nitrogen and oxygen atoms in total. The van der Waals surface area contributed by atoms with Crippen LogP contribution in [0.4, 0.5) is 0 Å². The van der Waals surface area contributed by atoms with Gasteiger partial charge in [0.2, 0.25) is 0 Å². The van der Waals surface area contributed by atoms with Crippen LogP contribution >= 0.6 is 0 Å². The van der Waals surface area contributed by atoms with Gasteiger partial charge in [0.1, 0.15) is 17.9 Å². The highest BCUT2D eigenvalue weighted by molar-refractivity contribution is 6.07. The first-order valence-corrected chi connectivity index (χ1v) is 9.33. The number of methoxy groups -OCH3 is 3. The Hall–Kier alpha value is -4.07. The maximum Gasteiger partial charge on any atom is 0.357 e. The largest absolute Gasteiger partial charge is 0.493 e. The Labute approximate surface area is 179 Å². The Morgan fingerprint density at radius 3 is 2.32 bits per heavy atom. The molecule has 0 unspecified atom stereocenters. The number of aromatic nitrogens is 2. The van der Waals surface area contributed by atoms with E-state index in [0.717, 1.165) is 0 Å². The Bertz CT molecular complexity index is 1100. The van der Waals surface area contributed by atoms with Gasteiger partial charge in [-0.3, -0.25) is 0 Å². The van der Waals surface area contributed by atoms with E-state index in [-0.39, 0.29) is 23.6 Å². The van der Waals surface area contributed by atoms with Crippen LogP contribution in [0.2, 0.25) is 0 Å². The lowest BCUT2D eigenvalue weighted by molar-refractivity contribution is 0.0549. The number of ether oxygens (including phenoxy) is 4. The van der Waals surface area contributed by atoms with Crippen LogP contribution in [0.3, 0.4) is 0 Å². The van der Waals surface area contributed by atoms with Crippen molar-refractivity contribution in [3.63, 3.8) is 0 Å². The molecule has 0 saturated heterocycles. The number of hydrogen-bond acceptors (Lipinski definition) is 7. The number of benzene rings is 2. The molecule has 0 atom stereocenters. The van der Waals surface area contributed by atoms with Gasteiger partial charge < -0.3 is 18.9 Å². The number of esters is 2. The highest BCUT2D eigenvalue weighted by Gasteiger charge is 2.33. The lowest BCUT2D eigenvalue weighted by Gasteiger charge is -2.13. The van der Waals surface area contributed by atoms with E-state index in [2.05, 4.69) is 11.7 Å². The van der Waals surface area contributed by atoms with Crippen molar-refractivity contribution < 1.29 is 28.5 Å². The van der Waals surface area contributed by atoms with Crippen molar-refractivity contribution in [1.29, 1.82) is 0 Å². The molecule has 2 aromatic carbocycles. The van der Waals surface area contributed by atoms with Crippen molar-refractivity contribution in [2.45, 2.75) is 0 Å². The van der Waals surface area contributed by atoms with Crippen LogP contribution in [-0.4, -0.2) is 49.7 Å². The Morgan fingerprint density at radius 1 is 1.00 bits per heavy atom. The normalized spacial score (nSPS) is 10.3. The second kappa shape index (κ2) is 9.62. The topological polar surface area (TPSA) is 88.9 Å². The molecule has 0 aliphatic carbocycles. The molecule has 0 saturated carbocycles. The minimum atomic E-state index is -0.741. The van der Waals surface area contributed by atoms with Crippen molar-refractivity contribution in [1.82, 2.24) is 9.78 Å². The third kappa shape index (κ3) is 4.13. The molecule has 8 heteroatoms. The van der Waals surface area contributed by atoms with Crippen LogP contribution < -0.4 is 9.47 Å². The van der Waals surface area contributed by atoms with Crippen molar-refractivity contribution in [3.8, 4) is 28.4 Å². The number of para-hydroxylation sites is 2. The lowest BCUT2D eigenvalue weighted by atomic mass is 10.0. The number of carbonyl (C=O) groups excluding carboxylic acids is 2. The SMILES string of the molecule is C=CCOc1c(OC)cccc1-c1nn(-c2ccccc2)c(C(=O)OC)c1C(=O)OC. The highest BCUT2D eigenvalue weighted by atomic mass is 16.5. The van der Waals surface area contributed by atoms with E-state index in [1.165, 1.54) is 26.0 Å². The predicted octanol–water partition coefficient (Wildman–Crippen LogP) is 3.69. The molecule has 3 rings (SSSR count). The molecular weight excluding hydrogens is 400 g/mol. The molecule has 0 aliphatic heterocycles. The fraction of sp³-hybridized carbons (Fsp3) is 0.174. The molecule has 0 spiro atoms. The van der Waals surface area contributed by atoms with Gasteiger partial charge in [-0.05, 0) is 24.3 Å². The van der Waals surface area contributed by atoms with Crippen molar-refractivity contribution in [2.75, 3.05) is 27.9 Å². The van der Waals surface area contributed by atoms with Gasteiger partial charge in [0.25, 0.3) is 0 Å². The summed E-state index contributed by atoms with van der Waals surface area (Å²) in [4.78, 5) is 25.5. The molecule has 1 heterocycles. The Kier molecular flexibility index (Phi) is 6.71. The van der Waals surface area contributed by atoms with E-state index in [4.69, 9.17) is 18.9 Å². The van der Waals surface area contributed by atoms with E-state index in [0.29, 0.717) is 22.7 Å². The summed E-state index contributed by atoms with van der Waals surface area (Å²) in [6, 6.07) is 14.1. The minimum Gasteiger partial charge on any atom is -0.493 e. The third-order valence-electron chi connectivity index (χ3n) is 4.45. The summed E-state index contributed by atoms with van der Waals surface area (Å²) < 4.78 is 22.5. The molecule has 0 amide bonds. The zero-order chi connectivity index (χ0) is 22.4. The summed E-state index contributed by atoms with van der Waals surface area (Å²) >= 11 is 0. The van der Waals surface area contributed by atoms with Crippen LogP contribution in [-0.2, 0) is 9.47 Å². The van der Waals surface area contributed by atoms with E-state index in [1.54, 1.807) is 48.5 Å². The minimum absolute atomic E-state index is 0.0464. The summed E-state index contributed by atoms with van der Waals surface area (Å²) in [5.41, 5.74) is 1.09. The average Bonchev–Trinajstić information content (AvgIpc) is 3.22. The smallest absolute Gasteiger partial charge is 0.357 e. The van der Waals surface area contributed by atoms with E-state index in [9.17, 15) is 9.59 Å². The number of nitrogens with zero attached hydrogens (tertiary/aromatic N) is 2. The predicted molar refractivity (Wildman–Crippen MR) is 114 cm³/mol. The molecule has 0 aliphatic rings. The van der Waals surface area contributed by atoms with Gasteiger partial charge in [0.15, 0.2) is 17.2 Å². The maximum atomic E-state index is 12.8. The van der Waals surface area contributed by atoms with Gasteiger partial charge in [-0.2, -0.15) is 5.10 Å². The number of hydrogen-bond donors (Lipinski definition) is 0. The van der Waals surface area contributed by atoms with Crippen LogP contribution in [0.25, 0.3) is 16.9 Å². The van der Waals surface area contributed by atoms with Gasteiger partial charge in [0, 0.05) is 5.56 Å². The summed E-state index contributed by atoms with van der Waals surface area (Å²) in [6.07, 6.45) is 1.58. The summed E-state index contributed by atoms with van der Waals surface area (Å²) in [7, 11) is 3.97. The summed E-state index contributed by atoms with van der Waals surface area (Å²) in [5.74, 6) is -0.692. The van der Waals surface area contributed by atoms with Gasteiger partial charge in [-0.1, -0.05) is 36.9 Å². The molecule has 0 radical (unpaired) electrons. The molecule has 160 valence electrons. The monoisotopic (exact) mass is 422 g/mol. The zero-order valence-corrected chi connectivity index (χ0v) is 17.5. The second-order valence-corrected chi connectivity index (χ2v) is 6.24. The fourth-order valence-electron chi connectivity index (χ4n) is 3.10. The van der Waals surface area contributed by atoms with E-state index in [1.807, 2.05) is 6.07 Å². The molecule has 31 heavy (non-hydrogen) atoms. The first-order valence-electron chi connectivity index (χ1n) is 9.33. The number of carbonyl (C=O) groups is 2. The zero-order valence-electron chi connectivity index (χ0n) is 17.5. The molecule has 3 aromatic rings. The fourth-order valence-corrected chi connectivity index (χ4v) is 3.10. The van der Waals surface area contributed by atoms with E-state index >= 15 is 0 Å². The first kappa shape index (κ1) is 21.6. The average molecular weight is 422 g/mol. The molecule has 1 aromatic heterocycles. The van der Waals surface area contributed by atoms with E-state index < -0.39 is 11.9 Å². The standard InChI is InChI=1S/C23H22N2O6/c1-5-14-31-21-16(12-9-13-17(21)28-2)19-18(22(26)29-3)20(23(27)30-4)25(24-19)15-10-7-6-8-11-15/h5-13H,1,14H2,2-4H3. The van der Waals surface area contributed by atoms with Gasteiger partial charge in [-0.25, -0.2) is 14.3 Å². The summed E-state index contributed by atoms with van der Waals surface area (Å²) in [5, 5.41) is 4.59. The van der Waals surface area contributed by atoms with Crippen LogP contribution in [0.15, 0.2) is 61.2 Å². The highest BCUT2D eigenvalue weighted by Crippen LogP contribution is 2.40. The van der Waals surface area contributed by atoms with Gasteiger partial charge in [0.05, 0.1) is 27.0 Å². The quantitative estimate of drug-likeness (QED) is 0.404. The maximum absolute atomic E-state index is 12.8. The van der Waals surface area contributed by atoms with Crippen molar-refractivity contribution >= 4 is 11.9 Å². The van der Waals surface area contributed by atoms with Crippen LogP contribution in [0, 0.1) is 0 Å². The molecule has 0 N–H and O–H groups in total. The molecular formula is C23H22N2O6. The lowest BCUT2D eigenvalue weighted by Crippen LogP contribution is -2.15. The van der Waals surface area contributed by atoms with Crippen molar-refractivity contribution in [2.24, 2.45) is 0 Å². The first-order chi connectivity index (χ1) is 15.1.